The van der Waals surface area contributed by atoms with E-state index in [0.29, 0.717) is 5.56 Å². The third-order valence-electron chi connectivity index (χ3n) is 3.47. The Bertz CT molecular complexity index is 770. The van der Waals surface area contributed by atoms with Gasteiger partial charge in [0.15, 0.2) is 0 Å². The zero-order valence-corrected chi connectivity index (χ0v) is 13.4. The second-order valence-electron chi connectivity index (χ2n) is 5.29. The molecule has 0 saturated heterocycles. The summed E-state index contributed by atoms with van der Waals surface area (Å²) in [5.74, 6) is -0.286. The van der Waals surface area contributed by atoms with Gasteiger partial charge in [0.05, 0.1) is 17.7 Å². The van der Waals surface area contributed by atoms with Crippen LogP contribution in [0.4, 0.5) is 11.4 Å². The van der Waals surface area contributed by atoms with Crippen molar-refractivity contribution >= 4 is 23.5 Å². The molecule has 0 spiro atoms. The van der Waals surface area contributed by atoms with Crippen molar-refractivity contribution in [3.05, 3.63) is 69.3 Å². The second-order valence-corrected chi connectivity index (χ2v) is 5.29. The summed E-state index contributed by atoms with van der Waals surface area (Å²) >= 11 is 0. The first kappa shape index (κ1) is 17.1. The van der Waals surface area contributed by atoms with E-state index >= 15 is 0 Å². The Labute approximate surface area is 139 Å². The minimum atomic E-state index is -0.471. The maximum atomic E-state index is 11.7. The minimum Gasteiger partial charge on any atom is -0.376 e. The molecular weight excluding hydrogens is 308 g/mol. The minimum absolute atomic E-state index is 0.00813. The van der Waals surface area contributed by atoms with Crippen LogP contribution in [0.3, 0.4) is 0 Å². The molecule has 0 aliphatic rings. The standard InChI is InChI=1S/C17H18N4O3/c1-12-3-6-15(9-13(12)2)18-11-17(22)20-19-10-14-4-7-16(8-5-14)21(23)24/h3-10,18H,11H2,1-2H3,(H,20,22). The van der Waals surface area contributed by atoms with Gasteiger partial charge in [0, 0.05) is 17.8 Å². The molecule has 24 heavy (non-hydrogen) atoms. The molecule has 1 amide bonds. The molecular formula is C17H18N4O3. The van der Waals surface area contributed by atoms with Gasteiger partial charge in [-0.2, -0.15) is 5.10 Å². The van der Waals surface area contributed by atoms with E-state index in [1.54, 1.807) is 12.1 Å². The average molecular weight is 326 g/mol. The summed E-state index contributed by atoms with van der Waals surface area (Å²) in [5, 5.41) is 17.4. The lowest BCUT2D eigenvalue weighted by atomic mass is 10.1. The molecule has 0 fully saturated rings. The molecule has 0 radical (unpaired) electrons. The number of non-ortho nitro benzene ring substituents is 1. The number of carbonyl (C=O) groups is 1. The fourth-order valence-corrected chi connectivity index (χ4v) is 1.93. The van der Waals surface area contributed by atoms with Crippen molar-refractivity contribution in [2.24, 2.45) is 5.10 Å². The normalized spacial score (nSPS) is 10.6. The molecule has 7 heteroatoms. The Morgan fingerprint density at radius 1 is 1.17 bits per heavy atom. The Kier molecular flexibility index (Phi) is 5.62. The molecule has 2 aromatic carbocycles. The molecule has 0 atom stereocenters. The van der Waals surface area contributed by atoms with E-state index in [4.69, 9.17) is 0 Å². The average Bonchev–Trinajstić information content (AvgIpc) is 2.56. The van der Waals surface area contributed by atoms with Gasteiger partial charge in [-0.25, -0.2) is 5.43 Å². The number of anilines is 1. The second kappa shape index (κ2) is 7.87. The molecule has 0 aliphatic heterocycles. The summed E-state index contributed by atoms with van der Waals surface area (Å²) in [4.78, 5) is 21.8. The zero-order chi connectivity index (χ0) is 17.5. The first-order valence-corrected chi connectivity index (χ1v) is 7.33. The van der Waals surface area contributed by atoms with E-state index < -0.39 is 4.92 Å². The van der Waals surface area contributed by atoms with Crippen LogP contribution in [0.25, 0.3) is 0 Å². The van der Waals surface area contributed by atoms with E-state index in [1.165, 1.54) is 23.9 Å². The predicted molar refractivity (Wildman–Crippen MR) is 93.2 cm³/mol. The molecule has 0 aliphatic carbocycles. The Balaban J connectivity index is 1.81. The third-order valence-corrected chi connectivity index (χ3v) is 3.47. The summed E-state index contributed by atoms with van der Waals surface area (Å²) in [6, 6.07) is 11.7. The van der Waals surface area contributed by atoms with Crippen LogP contribution in [0, 0.1) is 24.0 Å². The topological polar surface area (TPSA) is 96.6 Å². The van der Waals surface area contributed by atoms with Gasteiger partial charge >= 0.3 is 0 Å². The van der Waals surface area contributed by atoms with E-state index in [-0.39, 0.29) is 18.1 Å². The number of nitrogens with zero attached hydrogens (tertiary/aromatic N) is 2. The number of nitrogens with one attached hydrogen (secondary N) is 2. The number of hydrazone groups is 1. The van der Waals surface area contributed by atoms with Crippen LogP contribution in [0.15, 0.2) is 47.6 Å². The number of amides is 1. The molecule has 124 valence electrons. The first-order valence-electron chi connectivity index (χ1n) is 7.33. The molecule has 0 unspecified atom stereocenters. The van der Waals surface area contributed by atoms with Crippen LogP contribution in [-0.4, -0.2) is 23.6 Å². The molecule has 0 heterocycles. The number of nitro groups is 1. The lowest BCUT2D eigenvalue weighted by Gasteiger charge is -2.07. The zero-order valence-electron chi connectivity index (χ0n) is 13.4. The van der Waals surface area contributed by atoms with Crippen LogP contribution in [-0.2, 0) is 4.79 Å². The van der Waals surface area contributed by atoms with E-state index in [1.807, 2.05) is 32.0 Å². The van der Waals surface area contributed by atoms with Crippen molar-refractivity contribution in [3.8, 4) is 0 Å². The van der Waals surface area contributed by atoms with Crippen LogP contribution >= 0.6 is 0 Å². The molecule has 7 nitrogen and oxygen atoms in total. The summed E-state index contributed by atoms with van der Waals surface area (Å²) < 4.78 is 0. The molecule has 0 aromatic heterocycles. The fraction of sp³-hybridized carbons (Fsp3) is 0.176. The van der Waals surface area contributed by atoms with Crippen molar-refractivity contribution in [2.75, 3.05) is 11.9 Å². The number of nitro benzene ring substituents is 1. The van der Waals surface area contributed by atoms with E-state index in [9.17, 15) is 14.9 Å². The monoisotopic (exact) mass is 326 g/mol. The molecule has 0 saturated carbocycles. The fourth-order valence-electron chi connectivity index (χ4n) is 1.93. The predicted octanol–water partition coefficient (Wildman–Crippen LogP) is 2.77. The Morgan fingerprint density at radius 2 is 1.88 bits per heavy atom. The lowest BCUT2D eigenvalue weighted by Crippen LogP contribution is -2.25. The van der Waals surface area contributed by atoms with Gasteiger partial charge in [-0.05, 0) is 54.8 Å². The first-order chi connectivity index (χ1) is 11.5. The maximum absolute atomic E-state index is 11.7. The highest BCUT2D eigenvalue weighted by molar-refractivity contribution is 5.84. The van der Waals surface area contributed by atoms with Gasteiger partial charge in [-0.15, -0.1) is 0 Å². The SMILES string of the molecule is Cc1ccc(NCC(=O)NN=Cc2ccc([N+](=O)[O-])cc2)cc1C. The summed E-state index contributed by atoms with van der Waals surface area (Å²) in [6.07, 6.45) is 1.43. The van der Waals surface area contributed by atoms with E-state index in [0.717, 1.165) is 11.3 Å². The number of hydrogen-bond donors (Lipinski definition) is 2. The van der Waals surface area contributed by atoms with Gasteiger partial charge in [0.2, 0.25) is 0 Å². The summed E-state index contributed by atoms with van der Waals surface area (Å²) in [6.45, 7) is 4.13. The van der Waals surface area contributed by atoms with Gasteiger partial charge < -0.3 is 5.32 Å². The van der Waals surface area contributed by atoms with Crippen LogP contribution in [0.2, 0.25) is 0 Å². The van der Waals surface area contributed by atoms with Crippen LogP contribution in [0.1, 0.15) is 16.7 Å². The highest BCUT2D eigenvalue weighted by Crippen LogP contribution is 2.13. The number of benzene rings is 2. The third kappa shape index (κ3) is 4.91. The van der Waals surface area contributed by atoms with Gasteiger partial charge in [0.1, 0.15) is 0 Å². The molecule has 2 N–H and O–H groups in total. The quantitative estimate of drug-likeness (QED) is 0.484. The summed E-state index contributed by atoms with van der Waals surface area (Å²) in [7, 11) is 0. The van der Waals surface area contributed by atoms with Gasteiger partial charge in [0.25, 0.3) is 11.6 Å². The number of rotatable bonds is 6. The lowest BCUT2D eigenvalue weighted by molar-refractivity contribution is -0.384. The number of aryl methyl sites for hydroxylation is 2. The highest BCUT2D eigenvalue weighted by Gasteiger charge is 2.03. The van der Waals surface area contributed by atoms with Crippen LogP contribution < -0.4 is 10.7 Å². The number of carbonyl (C=O) groups excluding carboxylic acids is 1. The van der Waals surface area contributed by atoms with Crippen molar-refractivity contribution in [1.82, 2.24) is 5.43 Å². The van der Waals surface area contributed by atoms with Gasteiger partial charge in [-0.1, -0.05) is 6.07 Å². The number of hydrogen-bond acceptors (Lipinski definition) is 5. The van der Waals surface area contributed by atoms with E-state index in [2.05, 4.69) is 15.8 Å². The van der Waals surface area contributed by atoms with Crippen molar-refractivity contribution in [2.45, 2.75) is 13.8 Å². The smallest absolute Gasteiger partial charge is 0.269 e. The summed E-state index contributed by atoms with van der Waals surface area (Å²) in [5.41, 5.74) is 6.27. The molecule has 2 rings (SSSR count). The highest BCUT2D eigenvalue weighted by atomic mass is 16.6. The maximum Gasteiger partial charge on any atom is 0.269 e. The van der Waals surface area contributed by atoms with Gasteiger partial charge in [-0.3, -0.25) is 14.9 Å². The van der Waals surface area contributed by atoms with Crippen molar-refractivity contribution in [3.63, 3.8) is 0 Å². The Morgan fingerprint density at radius 3 is 2.50 bits per heavy atom. The largest absolute Gasteiger partial charge is 0.376 e. The van der Waals surface area contributed by atoms with Crippen molar-refractivity contribution < 1.29 is 9.72 Å². The van der Waals surface area contributed by atoms with Crippen molar-refractivity contribution in [1.29, 1.82) is 0 Å². The Hall–Kier alpha value is -3.22. The molecule has 2 aromatic rings. The van der Waals surface area contributed by atoms with Crippen LogP contribution in [0.5, 0.6) is 0 Å². The molecule has 0 bridgehead atoms.